The monoisotopic (exact) mass is 232 g/mol. The lowest BCUT2D eigenvalue weighted by atomic mass is 10.1. The minimum absolute atomic E-state index is 0.0731. The summed E-state index contributed by atoms with van der Waals surface area (Å²) < 4.78 is 1.75. The highest BCUT2D eigenvalue weighted by Gasteiger charge is 2.14. The van der Waals surface area contributed by atoms with Crippen molar-refractivity contribution < 1.29 is 15.0 Å². The molecule has 17 heavy (non-hydrogen) atoms. The van der Waals surface area contributed by atoms with Gasteiger partial charge >= 0.3 is 0 Å². The van der Waals surface area contributed by atoms with Gasteiger partial charge in [-0.3, -0.25) is 4.79 Å². The summed E-state index contributed by atoms with van der Waals surface area (Å²) in [5.41, 5.74) is 0.186. The second-order valence-corrected chi connectivity index (χ2v) is 3.76. The topological polar surface area (TPSA) is 75.4 Å². The maximum absolute atomic E-state index is 11.9. The lowest BCUT2D eigenvalue weighted by Crippen LogP contribution is -2.08. The summed E-state index contributed by atoms with van der Waals surface area (Å²) in [5, 5.41) is 18.7. The van der Waals surface area contributed by atoms with Crippen molar-refractivity contribution >= 4 is 5.78 Å². The molecule has 1 heterocycles. The largest absolute Gasteiger partial charge is 0.508 e. The molecule has 2 N–H and O–H groups in total. The molecule has 2 aromatic rings. The summed E-state index contributed by atoms with van der Waals surface area (Å²) in [5.74, 6) is 0.0968. The first-order valence-electron chi connectivity index (χ1n) is 5.09. The van der Waals surface area contributed by atoms with Gasteiger partial charge in [-0.15, -0.1) is 0 Å². The highest BCUT2D eigenvalue weighted by atomic mass is 16.3. The predicted octanol–water partition coefficient (Wildman–Crippen LogP) is 1.26. The average Bonchev–Trinajstić information content (AvgIpc) is 2.64. The van der Waals surface area contributed by atoms with E-state index in [0.717, 1.165) is 6.07 Å². The molecule has 2 rings (SSSR count). The first-order chi connectivity index (χ1) is 8.08. The third-order valence-electron chi connectivity index (χ3n) is 2.52. The van der Waals surface area contributed by atoms with Crippen molar-refractivity contribution in [2.75, 3.05) is 0 Å². The van der Waals surface area contributed by atoms with Crippen molar-refractivity contribution in [3.63, 3.8) is 0 Å². The Morgan fingerprint density at radius 2 is 2.18 bits per heavy atom. The van der Waals surface area contributed by atoms with Crippen LogP contribution in [0.5, 0.6) is 11.5 Å². The number of benzene rings is 1. The van der Waals surface area contributed by atoms with Gasteiger partial charge in [-0.25, -0.2) is 4.98 Å². The first-order valence-corrected chi connectivity index (χ1v) is 5.09. The summed E-state index contributed by atoms with van der Waals surface area (Å²) in [6.07, 6.45) is 3.47. The van der Waals surface area contributed by atoms with Gasteiger partial charge in [0, 0.05) is 25.5 Å². The molecule has 0 unspecified atom stereocenters. The van der Waals surface area contributed by atoms with Gasteiger partial charge in [-0.05, 0) is 12.1 Å². The Morgan fingerprint density at radius 1 is 1.41 bits per heavy atom. The van der Waals surface area contributed by atoms with E-state index in [1.165, 1.54) is 12.1 Å². The number of imidazole rings is 1. The average molecular weight is 232 g/mol. The van der Waals surface area contributed by atoms with Crippen molar-refractivity contribution in [3.8, 4) is 11.5 Å². The molecule has 0 amide bonds. The zero-order chi connectivity index (χ0) is 12.4. The lowest BCUT2D eigenvalue weighted by molar-refractivity contribution is 0.0987. The van der Waals surface area contributed by atoms with Crippen LogP contribution in [0.1, 0.15) is 16.2 Å². The van der Waals surface area contributed by atoms with Gasteiger partial charge < -0.3 is 14.8 Å². The Hall–Kier alpha value is -2.30. The fourth-order valence-electron chi connectivity index (χ4n) is 1.56. The Kier molecular flexibility index (Phi) is 2.82. The molecule has 0 aliphatic rings. The van der Waals surface area contributed by atoms with Crippen molar-refractivity contribution in [2.24, 2.45) is 7.05 Å². The van der Waals surface area contributed by atoms with Gasteiger partial charge in [0.25, 0.3) is 0 Å². The number of rotatable bonds is 3. The van der Waals surface area contributed by atoms with Crippen LogP contribution in [-0.2, 0) is 13.5 Å². The van der Waals surface area contributed by atoms with E-state index in [4.69, 9.17) is 5.11 Å². The molecule has 5 heteroatoms. The van der Waals surface area contributed by atoms with E-state index < -0.39 is 0 Å². The Bertz CT molecular complexity index is 561. The fraction of sp³-hybridized carbons (Fsp3) is 0.167. The van der Waals surface area contributed by atoms with Gasteiger partial charge in [-0.1, -0.05) is 0 Å². The summed E-state index contributed by atoms with van der Waals surface area (Å²) in [6.45, 7) is 0. The number of hydrogen-bond donors (Lipinski definition) is 2. The zero-order valence-corrected chi connectivity index (χ0v) is 9.29. The van der Waals surface area contributed by atoms with E-state index in [9.17, 15) is 9.90 Å². The number of ketones is 1. The van der Waals surface area contributed by atoms with Gasteiger partial charge in [-0.2, -0.15) is 0 Å². The maximum Gasteiger partial charge on any atom is 0.174 e. The molecule has 0 saturated carbocycles. The van der Waals surface area contributed by atoms with Crippen LogP contribution >= 0.6 is 0 Å². The number of aromatic nitrogens is 2. The van der Waals surface area contributed by atoms with Crippen LogP contribution in [0.2, 0.25) is 0 Å². The second-order valence-electron chi connectivity index (χ2n) is 3.76. The number of carbonyl (C=O) groups is 1. The number of aryl methyl sites for hydroxylation is 1. The summed E-state index contributed by atoms with van der Waals surface area (Å²) in [4.78, 5) is 15.9. The molecule has 0 saturated heterocycles. The van der Waals surface area contributed by atoms with Crippen molar-refractivity contribution in [2.45, 2.75) is 6.42 Å². The standard InChI is InChI=1S/C12H12N2O3/c1-14-5-4-13-12(14)7-11(17)9-3-2-8(15)6-10(9)16/h2-6,15-16H,7H2,1H3. The van der Waals surface area contributed by atoms with Crippen LogP contribution in [0.3, 0.4) is 0 Å². The SMILES string of the molecule is Cn1ccnc1CC(=O)c1ccc(O)cc1O. The number of Topliss-reactive ketones (excluding diaryl/α,β-unsaturated/α-hetero) is 1. The minimum Gasteiger partial charge on any atom is -0.508 e. The zero-order valence-electron chi connectivity index (χ0n) is 9.29. The second kappa shape index (κ2) is 4.29. The number of hydrogen-bond acceptors (Lipinski definition) is 4. The molecule has 0 spiro atoms. The van der Waals surface area contributed by atoms with Crippen LogP contribution in [-0.4, -0.2) is 25.5 Å². The first kappa shape index (κ1) is 11.2. The molecular formula is C12H12N2O3. The number of aromatic hydroxyl groups is 2. The number of phenols is 2. The predicted molar refractivity (Wildman–Crippen MR) is 61.0 cm³/mol. The van der Waals surface area contributed by atoms with E-state index in [1.807, 2.05) is 0 Å². The Labute approximate surface area is 98.0 Å². The third-order valence-corrected chi connectivity index (χ3v) is 2.52. The molecule has 5 nitrogen and oxygen atoms in total. The van der Waals surface area contributed by atoms with Crippen molar-refractivity contribution in [1.82, 2.24) is 9.55 Å². The normalized spacial score (nSPS) is 10.4. The van der Waals surface area contributed by atoms with Crippen molar-refractivity contribution in [1.29, 1.82) is 0 Å². The highest BCUT2D eigenvalue weighted by molar-refractivity contribution is 5.99. The Balaban J connectivity index is 2.23. The third kappa shape index (κ3) is 2.28. The van der Waals surface area contributed by atoms with E-state index in [0.29, 0.717) is 5.82 Å². The molecule has 88 valence electrons. The number of phenolic OH excluding ortho intramolecular Hbond substituents is 2. The quantitative estimate of drug-likeness (QED) is 0.781. The molecule has 1 aromatic heterocycles. The summed E-state index contributed by atoms with van der Waals surface area (Å²) >= 11 is 0. The molecule has 0 atom stereocenters. The highest BCUT2D eigenvalue weighted by Crippen LogP contribution is 2.23. The smallest absolute Gasteiger partial charge is 0.174 e. The van der Waals surface area contributed by atoms with E-state index in [2.05, 4.69) is 4.98 Å². The van der Waals surface area contributed by atoms with Crippen LogP contribution < -0.4 is 0 Å². The fourth-order valence-corrected chi connectivity index (χ4v) is 1.56. The van der Waals surface area contributed by atoms with E-state index in [-0.39, 0.29) is 29.3 Å². The van der Waals surface area contributed by atoms with Gasteiger partial charge in [0.2, 0.25) is 0 Å². The summed E-state index contributed by atoms with van der Waals surface area (Å²) in [6, 6.07) is 3.91. The van der Waals surface area contributed by atoms with Crippen LogP contribution in [0.4, 0.5) is 0 Å². The molecule has 1 aromatic carbocycles. The van der Waals surface area contributed by atoms with Crippen LogP contribution in [0.25, 0.3) is 0 Å². The van der Waals surface area contributed by atoms with E-state index in [1.54, 1.807) is 24.0 Å². The van der Waals surface area contributed by atoms with Gasteiger partial charge in [0.05, 0.1) is 12.0 Å². The summed E-state index contributed by atoms with van der Waals surface area (Å²) in [7, 11) is 1.80. The Morgan fingerprint density at radius 3 is 2.76 bits per heavy atom. The van der Waals surface area contributed by atoms with Gasteiger partial charge in [0.15, 0.2) is 5.78 Å². The molecule has 0 fully saturated rings. The van der Waals surface area contributed by atoms with Crippen LogP contribution in [0, 0.1) is 0 Å². The van der Waals surface area contributed by atoms with Crippen LogP contribution in [0.15, 0.2) is 30.6 Å². The number of nitrogens with zero attached hydrogens (tertiary/aromatic N) is 2. The number of carbonyl (C=O) groups excluding carboxylic acids is 1. The molecule has 0 bridgehead atoms. The maximum atomic E-state index is 11.9. The molecule has 0 aliphatic heterocycles. The van der Waals surface area contributed by atoms with E-state index >= 15 is 0 Å². The van der Waals surface area contributed by atoms with Gasteiger partial charge in [0.1, 0.15) is 17.3 Å². The molecule has 0 aliphatic carbocycles. The minimum atomic E-state index is -0.239. The molecular weight excluding hydrogens is 220 g/mol. The lowest BCUT2D eigenvalue weighted by Gasteiger charge is -2.04. The van der Waals surface area contributed by atoms with Crippen molar-refractivity contribution in [3.05, 3.63) is 42.0 Å². The molecule has 0 radical (unpaired) electrons.